The molecule has 0 aliphatic heterocycles. The highest BCUT2D eigenvalue weighted by atomic mass is 35.5. The second-order valence-electron chi connectivity index (χ2n) is 7.23. The zero-order chi connectivity index (χ0) is 19.3. The molecule has 0 spiro atoms. The molecule has 28 heavy (non-hydrogen) atoms. The molecule has 0 atom stereocenters. The standard InChI is InChI=1S/C21H18Cl2N4O/c22-12-5-8-15(9-6-12)27-21(28)18-19(26-27)16-11-13(23)7-10-17(16)25-20(18)24-14-3-1-2-4-14/h5-11,14,26H,1-4H2,(H,24,25). The highest BCUT2D eigenvalue weighted by Gasteiger charge is 2.21. The maximum atomic E-state index is 13.3. The van der Waals surface area contributed by atoms with E-state index in [-0.39, 0.29) is 5.56 Å². The van der Waals surface area contributed by atoms with Crippen LogP contribution in [-0.2, 0) is 0 Å². The van der Waals surface area contributed by atoms with Gasteiger partial charge in [-0.1, -0.05) is 36.0 Å². The van der Waals surface area contributed by atoms with Gasteiger partial charge in [-0.3, -0.25) is 9.89 Å². The van der Waals surface area contributed by atoms with E-state index in [1.165, 1.54) is 17.5 Å². The first-order chi connectivity index (χ1) is 13.6. The number of benzene rings is 2. The second-order valence-corrected chi connectivity index (χ2v) is 8.10. The van der Waals surface area contributed by atoms with E-state index >= 15 is 0 Å². The van der Waals surface area contributed by atoms with Crippen LogP contribution >= 0.6 is 23.2 Å². The molecular weight excluding hydrogens is 395 g/mol. The highest BCUT2D eigenvalue weighted by Crippen LogP contribution is 2.31. The van der Waals surface area contributed by atoms with Crippen molar-refractivity contribution in [1.82, 2.24) is 14.8 Å². The maximum absolute atomic E-state index is 13.3. The van der Waals surface area contributed by atoms with E-state index in [9.17, 15) is 4.79 Å². The minimum absolute atomic E-state index is 0.146. The quantitative estimate of drug-likeness (QED) is 0.464. The van der Waals surface area contributed by atoms with Crippen molar-refractivity contribution in [2.75, 3.05) is 5.32 Å². The first kappa shape index (κ1) is 17.6. The van der Waals surface area contributed by atoms with Gasteiger partial charge in [0.15, 0.2) is 0 Å². The lowest BCUT2D eigenvalue weighted by Gasteiger charge is -2.14. The van der Waals surface area contributed by atoms with Crippen LogP contribution in [0.1, 0.15) is 25.7 Å². The van der Waals surface area contributed by atoms with Crippen LogP contribution in [0.4, 0.5) is 5.82 Å². The Morgan fingerprint density at radius 1 is 1.04 bits per heavy atom. The van der Waals surface area contributed by atoms with E-state index in [1.54, 1.807) is 12.1 Å². The third kappa shape index (κ3) is 2.95. The molecule has 2 aromatic carbocycles. The van der Waals surface area contributed by atoms with Gasteiger partial charge in [-0.25, -0.2) is 9.67 Å². The largest absolute Gasteiger partial charge is 0.367 e. The summed E-state index contributed by atoms with van der Waals surface area (Å²) in [5, 5.41) is 9.36. The molecule has 5 rings (SSSR count). The fourth-order valence-electron chi connectivity index (χ4n) is 3.97. The Hall–Kier alpha value is -2.50. The van der Waals surface area contributed by atoms with Crippen LogP contribution in [0.25, 0.3) is 27.5 Å². The van der Waals surface area contributed by atoms with Gasteiger partial charge in [0.25, 0.3) is 5.56 Å². The molecule has 7 heteroatoms. The van der Waals surface area contributed by atoms with Gasteiger partial charge < -0.3 is 5.32 Å². The number of H-pyrrole nitrogens is 1. The summed E-state index contributed by atoms with van der Waals surface area (Å²) in [5.41, 5.74) is 2.09. The Balaban J connectivity index is 1.79. The summed E-state index contributed by atoms with van der Waals surface area (Å²) in [4.78, 5) is 18.1. The summed E-state index contributed by atoms with van der Waals surface area (Å²) in [6.45, 7) is 0. The molecule has 0 saturated heterocycles. The predicted octanol–water partition coefficient (Wildman–Crippen LogP) is 5.53. The van der Waals surface area contributed by atoms with Crippen LogP contribution in [0.15, 0.2) is 47.3 Å². The lowest BCUT2D eigenvalue weighted by atomic mass is 10.1. The molecule has 1 aliphatic carbocycles. The predicted molar refractivity (Wildman–Crippen MR) is 115 cm³/mol. The van der Waals surface area contributed by atoms with Gasteiger partial charge in [0.1, 0.15) is 11.2 Å². The summed E-state index contributed by atoms with van der Waals surface area (Å²) < 4.78 is 1.53. The number of fused-ring (bicyclic) bond motifs is 3. The average molecular weight is 413 g/mol. The molecule has 0 radical (unpaired) electrons. The topological polar surface area (TPSA) is 62.7 Å². The maximum Gasteiger partial charge on any atom is 0.282 e. The number of nitrogens with zero attached hydrogens (tertiary/aromatic N) is 2. The first-order valence-electron chi connectivity index (χ1n) is 9.36. The number of hydrogen-bond donors (Lipinski definition) is 2. The highest BCUT2D eigenvalue weighted by molar-refractivity contribution is 6.31. The zero-order valence-corrected chi connectivity index (χ0v) is 16.5. The molecule has 2 aromatic heterocycles. The number of aromatic amines is 1. The van der Waals surface area contributed by atoms with Crippen LogP contribution in [-0.4, -0.2) is 20.8 Å². The Bertz CT molecular complexity index is 1240. The second kappa shape index (κ2) is 6.83. The number of pyridine rings is 1. The number of hydrogen-bond acceptors (Lipinski definition) is 3. The van der Waals surface area contributed by atoms with E-state index in [2.05, 4.69) is 10.4 Å². The van der Waals surface area contributed by atoms with E-state index in [4.69, 9.17) is 28.2 Å². The lowest BCUT2D eigenvalue weighted by molar-refractivity contribution is 0.752. The number of halogens is 2. The molecule has 5 nitrogen and oxygen atoms in total. The van der Waals surface area contributed by atoms with Gasteiger partial charge in [0.05, 0.1) is 16.7 Å². The van der Waals surface area contributed by atoms with Gasteiger partial charge in [-0.2, -0.15) is 0 Å². The first-order valence-corrected chi connectivity index (χ1v) is 10.1. The number of nitrogens with one attached hydrogen (secondary N) is 2. The summed E-state index contributed by atoms with van der Waals surface area (Å²) in [5.74, 6) is 0.630. The zero-order valence-electron chi connectivity index (χ0n) is 15.0. The van der Waals surface area contributed by atoms with Crippen molar-refractivity contribution >= 4 is 50.8 Å². The monoisotopic (exact) mass is 412 g/mol. The third-order valence-electron chi connectivity index (χ3n) is 5.37. The van der Waals surface area contributed by atoms with Gasteiger partial charge in [0.2, 0.25) is 0 Å². The van der Waals surface area contributed by atoms with E-state index in [1.807, 2.05) is 30.3 Å². The Morgan fingerprint density at radius 2 is 1.75 bits per heavy atom. The third-order valence-corrected chi connectivity index (χ3v) is 5.86. The minimum atomic E-state index is -0.146. The number of anilines is 1. The Labute approximate surface area is 171 Å². The molecule has 1 saturated carbocycles. The average Bonchev–Trinajstić information content (AvgIpc) is 3.31. The van der Waals surface area contributed by atoms with Gasteiger partial charge in [-0.15, -0.1) is 0 Å². The molecule has 4 aromatic rings. The van der Waals surface area contributed by atoms with Crippen molar-refractivity contribution < 1.29 is 0 Å². The molecule has 0 unspecified atom stereocenters. The van der Waals surface area contributed by atoms with Crippen LogP contribution in [0, 0.1) is 0 Å². The van der Waals surface area contributed by atoms with Crippen LogP contribution in [0.3, 0.4) is 0 Å². The summed E-state index contributed by atoms with van der Waals surface area (Å²) in [7, 11) is 0. The molecule has 1 aliphatic rings. The number of aromatic nitrogens is 3. The van der Waals surface area contributed by atoms with Gasteiger partial charge in [-0.05, 0) is 55.3 Å². The van der Waals surface area contributed by atoms with Crippen molar-refractivity contribution in [2.45, 2.75) is 31.7 Å². The molecule has 0 amide bonds. The Kier molecular flexibility index (Phi) is 4.29. The van der Waals surface area contributed by atoms with E-state index < -0.39 is 0 Å². The molecule has 2 heterocycles. The summed E-state index contributed by atoms with van der Waals surface area (Å²) in [6.07, 6.45) is 4.59. The van der Waals surface area contributed by atoms with Crippen molar-refractivity contribution in [1.29, 1.82) is 0 Å². The van der Waals surface area contributed by atoms with E-state index in [0.717, 1.165) is 29.3 Å². The summed E-state index contributed by atoms with van der Waals surface area (Å²) in [6, 6.07) is 13.0. The van der Waals surface area contributed by atoms with Crippen molar-refractivity contribution in [3.05, 3.63) is 62.9 Å². The van der Waals surface area contributed by atoms with Crippen LogP contribution in [0.2, 0.25) is 10.0 Å². The molecule has 1 fully saturated rings. The van der Waals surface area contributed by atoms with E-state index in [0.29, 0.717) is 33.0 Å². The van der Waals surface area contributed by atoms with Gasteiger partial charge >= 0.3 is 0 Å². The van der Waals surface area contributed by atoms with Crippen LogP contribution in [0.5, 0.6) is 0 Å². The van der Waals surface area contributed by atoms with Crippen molar-refractivity contribution in [3.8, 4) is 5.69 Å². The Morgan fingerprint density at radius 3 is 2.50 bits per heavy atom. The number of rotatable bonds is 3. The fourth-order valence-corrected chi connectivity index (χ4v) is 4.27. The van der Waals surface area contributed by atoms with Crippen LogP contribution < -0.4 is 10.9 Å². The molecule has 0 bridgehead atoms. The SMILES string of the molecule is O=c1c2c(NC3CCCC3)nc3ccc(Cl)cc3c2[nH]n1-c1ccc(Cl)cc1. The van der Waals surface area contributed by atoms with Gasteiger partial charge in [0, 0.05) is 21.5 Å². The van der Waals surface area contributed by atoms with Crippen molar-refractivity contribution in [2.24, 2.45) is 0 Å². The smallest absolute Gasteiger partial charge is 0.282 e. The van der Waals surface area contributed by atoms with Crippen molar-refractivity contribution in [3.63, 3.8) is 0 Å². The minimum Gasteiger partial charge on any atom is -0.367 e. The normalized spacial score (nSPS) is 14.9. The fraction of sp³-hybridized carbons (Fsp3) is 0.238. The lowest BCUT2D eigenvalue weighted by Crippen LogP contribution is -2.19. The molecule has 142 valence electrons. The molecular formula is C21H18Cl2N4O. The molecule has 2 N–H and O–H groups in total. The summed E-state index contributed by atoms with van der Waals surface area (Å²) >= 11 is 12.2.